The Morgan fingerprint density at radius 2 is 1.96 bits per heavy atom. The van der Waals surface area contributed by atoms with Crippen LogP contribution in [0.25, 0.3) is 0 Å². The Labute approximate surface area is 142 Å². The van der Waals surface area contributed by atoms with Gasteiger partial charge in [-0.25, -0.2) is 0 Å². The van der Waals surface area contributed by atoms with Crippen LogP contribution in [-0.4, -0.2) is 22.3 Å². The Hall–Kier alpha value is -1.47. The number of aliphatic hydroxyl groups is 1. The normalized spacial score (nSPS) is 50.4. The second-order valence-electron chi connectivity index (χ2n) is 8.91. The van der Waals surface area contributed by atoms with Crippen molar-refractivity contribution in [3.63, 3.8) is 0 Å². The number of rotatable bonds is 0. The van der Waals surface area contributed by atoms with Crippen molar-refractivity contribution in [3.05, 3.63) is 11.6 Å². The first-order chi connectivity index (χ1) is 11.2. The van der Waals surface area contributed by atoms with Crippen LogP contribution in [0, 0.1) is 39.9 Å². The molecule has 128 valence electrons. The van der Waals surface area contributed by atoms with Crippen molar-refractivity contribution >= 4 is 11.6 Å². The predicted octanol–water partition coefficient (Wildman–Crippen LogP) is 2.95. The van der Waals surface area contributed by atoms with Gasteiger partial charge in [-0.3, -0.25) is 9.59 Å². The van der Waals surface area contributed by atoms with Gasteiger partial charge >= 0.3 is 0 Å². The summed E-state index contributed by atoms with van der Waals surface area (Å²) in [6.45, 7) is 4.11. The lowest BCUT2D eigenvalue weighted by molar-refractivity contribution is -0.153. The largest absolute Gasteiger partial charge is 0.375 e. The zero-order valence-corrected chi connectivity index (χ0v) is 14.5. The van der Waals surface area contributed by atoms with E-state index in [4.69, 9.17) is 0 Å². The summed E-state index contributed by atoms with van der Waals surface area (Å²) in [5, 5.41) is 20.3. The fourth-order valence-electron chi connectivity index (χ4n) is 6.57. The van der Waals surface area contributed by atoms with Crippen LogP contribution in [0.3, 0.4) is 0 Å². The molecule has 0 aromatic carbocycles. The number of fused-ring (bicyclic) bond motifs is 5. The minimum atomic E-state index is -1.38. The predicted molar refractivity (Wildman–Crippen MR) is 87.7 cm³/mol. The van der Waals surface area contributed by atoms with Crippen molar-refractivity contribution in [1.82, 2.24) is 0 Å². The molecule has 0 heterocycles. The lowest BCUT2D eigenvalue weighted by atomic mass is 9.46. The standard InChI is InChI=1S/C20H25NO3/c1-18-7-5-13(22)9-12(18)3-4-14-15-6-8-20(24,11-21)19(15,2)10-16(23)17(14)18/h9,14-15,17,24H,3-8,10H2,1-2H3/t14-,15-,17+,18+,19+,20+/m1/s1. The Morgan fingerprint density at radius 3 is 2.67 bits per heavy atom. The number of carbonyl (C=O) groups excluding carboxylic acids is 2. The summed E-state index contributed by atoms with van der Waals surface area (Å²) in [4.78, 5) is 25.0. The monoisotopic (exact) mass is 327 g/mol. The van der Waals surface area contributed by atoms with Gasteiger partial charge in [0.2, 0.25) is 0 Å². The van der Waals surface area contributed by atoms with Crippen LogP contribution in [0.1, 0.15) is 58.8 Å². The van der Waals surface area contributed by atoms with Gasteiger partial charge in [0.05, 0.1) is 6.07 Å². The molecule has 4 heteroatoms. The first kappa shape index (κ1) is 16.0. The molecule has 4 aliphatic rings. The van der Waals surface area contributed by atoms with E-state index in [9.17, 15) is 20.0 Å². The van der Waals surface area contributed by atoms with Crippen LogP contribution in [0.2, 0.25) is 0 Å². The molecule has 4 aliphatic carbocycles. The molecule has 6 atom stereocenters. The fourth-order valence-corrected chi connectivity index (χ4v) is 6.57. The fraction of sp³-hybridized carbons (Fsp3) is 0.750. The number of ketones is 2. The zero-order valence-electron chi connectivity index (χ0n) is 14.5. The van der Waals surface area contributed by atoms with Gasteiger partial charge in [0, 0.05) is 24.2 Å². The zero-order chi connectivity index (χ0) is 17.3. The van der Waals surface area contributed by atoms with Crippen molar-refractivity contribution in [2.75, 3.05) is 0 Å². The maximum Gasteiger partial charge on any atom is 0.157 e. The Morgan fingerprint density at radius 1 is 1.21 bits per heavy atom. The number of nitriles is 1. The molecule has 1 N–H and O–H groups in total. The molecule has 4 nitrogen and oxygen atoms in total. The quantitative estimate of drug-likeness (QED) is 0.694. The highest BCUT2D eigenvalue weighted by molar-refractivity contribution is 5.93. The van der Waals surface area contributed by atoms with Crippen molar-refractivity contribution in [1.29, 1.82) is 5.26 Å². The lowest BCUT2D eigenvalue weighted by Gasteiger charge is -2.57. The molecule has 0 bridgehead atoms. The molecule has 3 saturated carbocycles. The number of nitrogens with zero attached hydrogens (tertiary/aromatic N) is 1. The summed E-state index contributed by atoms with van der Waals surface area (Å²) in [5.74, 6) is 0.782. The second-order valence-corrected chi connectivity index (χ2v) is 8.91. The minimum Gasteiger partial charge on any atom is -0.375 e. The van der Waals surface area contributed by atoms with E-state index in [-0.39, 0.29) is 34.7 Å². The Balaban J connectivity index is 1.77. The van der Waals surface area contributed by atoms with Gasteiger partial charge in [0.25, 0.3) is 0 Å². The summed E-state index contributed by atoms with van der Waals surface area (Å²) in [7, 11) is 0. The van der Waals surface area contributed by atoms with E-state index in [0.717, 1.165) is 31.3 Å². The number of carbonyl (C=O) groups is 2. The summed E-state index contributed by atoms with van der Waals surface area (Å²) < 4.78 is 0. The third-order valence-corrected chi connectivity index (χ3v) is 7.99. The van der Waals surface area contributed by atoms with Gasteiger partial charge in [-0.1, -0.05) is 19.4 Å². The number of Topliss-reactive ketones (excluding diaryl/α,β-unsaturated/α-hetero) is 1. The molecule has 0 aliphatic heterocycles. The summed E-state index contributed by atoms with van der Waals surface area (Å²) in [6, 6.07) is 2.12. The van der Waals surface area contributed by atoms with E-state index >= 15 is 0 Å². The van der Waals surface area contributed by atoms with E-state index in [1.165, 1.54) is 0 Å². The SMILES string of the molecule is C[C@]12CCC(=O)C=C1CC[C@H]1[C@H]2C(=O)C[C@@]2(C)[C@@H]1CC[C@]2(O)C#N. The van der Waals surface area contributed by atoms with Crippen molar-refractivity contribution in [3.8, 4) is 6.07 Å². The van der Waals surface area contributed by atoms with Gasteiger partial charge in [0.1, 0.15) is 5.78 Å². The van der Waals surface area contributed by atoms with Gasteiger partial charge in [-0.2, -0.15) is 5.26 Å². The van der Waals surface area contributed by atoms with Crippen LogP contribution >= 0.6 is 0 Å². The average Bonchev–Trinajstić information content (AvgIpc) is 2.79. The third kappa shape index (κ3) is 1.77. The molecule has 0 unspecified atom stereocenters. The first-order valence-corrected chi connectivity index (χ1v) is 9.15. The highest BCUT2D eigenvalue weighted by Crippen LogP contribution is 2.66. The second kappa shape index (κ2) is 4.79. The Bertz CT molecular complexity index is 704. The summed E-state index contributed by atoms with van der Waals surface area (Å²) >= 11 is 0. The number of hydrogen-bond donors (Lipinski definition) is 1. The third-order valence-electron chi connectivity index (χ3n) is 7.99. The average molecular weight is 327 g/mol. The van der Waals surface area contributed by atoms with Crippen LogP contribution in [0.4, 0.5) is 0 Å². The molecule has 0 aromatic rings. The summed E-state index contributed by atoms with van der Waals surface area (Å²) in [5.41, 5.74) is -1.05. The molecular formula is C20H25NO3. The maximum atomic E-state index is 13.2. The van der Waals surface area contributed by atoms with Gasteiger partial charge < -0.3 is 5.11 Å². The molecule has 0 radical (unpaired) electrons. The molecule has 0 spiro atoms. The van der Waals surface area contributed by atoms with E-state index in [1.54, 1.807) is 6.08 Å². The minimum absolute atomic E-state index is 0.0512. The van der Waals surface area contributed by atoms with E-state index in [2.05, 4.69) is 13.0 Å². The molecule has 4 rings (SSSR count). The van der Waals surface area contributed by atoms with Crippen LogP contribution in [-0.2, 0) is 9.59 Å². The number of allylic oxidation sites excluding steroid dienone is 1. The molecule has 24 heavy (non-hydrogen) atoms. The van der Waals surface area contributed by atoms with Crippen LogP contribution < -0.4 is 0 Å². The lowest BCUT2D eigenvalue weighted by Crippen LogP contribution is -2.58. The maximum absolute atomic E-state index is 13.2. The first-order valence-electron chi connectivity index (χ1n) is 9.15. The van der Waals surface area contributed by atoms with Gasteiger partial charge in [-0.05, 0) is 55.4 Å². The van der Waals surface area contributed by atoms with Crippen molar-refractivity contribution in [2.24, 2.45) is 28.6 Å². The highest BCUT2D eigenvalue weighted by atomic mass is 16.3. The van der Waals surface area contributed by atoms with E-state index in [1.807, 2.05) is 6.92 Å². The molecular weight excluding hydrogens is 302 g/mol. The van der Waals surface area contributed by atoms with E-state index in [0.29, 0.717) is 19.3 Å². The van der Waals surface area contributed by atoms with Crippen molar-refractivity contribution < 1.29 is 14.7 Å². The van der Waals surface area contributed by atoms with Crippen LogP contribution in [0.5, 0.6) is 0 Å². The van der Waals surface area contributed by atoms with Gasteiger partial charge in [-0.15, -0.1) is 0 Å². The molecule has 0 amide bonds. The number of hydrogen-bond acceptors (Lipinski definition) is 4. The van der Waals surface area contributed by atoms with Crippen molar-refractivity contribution in [2.45, 2.75) is 64.4 Å². The Kier molecular flexibility index (Phi) is 3.20. The summed E-state index contributed by atoms with van der Waals surface area (Å²) in [6.07, 6.45) is 6.43. The van der Waals surface area contributed by atoms with Gasteiger partial charge in [0.15, 0.2) is 11.4 Å². The topological polar surface area (TPSA) is 78.2 Å². The highest BCUT2D eigenvalue weighted by Gasteiger charge is 2.66. The van der Waals surface area contributed by atoms with E-state index < -0.39 is 11.0 Å². The molecule has 0 saturated heterocycles. The van der Waals surface area contributed by atoms with Crippen LogP contribution in [0.15, 0.2) is 11.6 Å². The molecule has 3 fully saturated rings. The smallest absolute Gasteiger partial charge is 0.157 e. The molecule has 0 aromatic heterocycles.